The first-order valence-electron chi connectivity index (χ1n) is 7.27. The van der Waals surface area contributed by atoms with Crippen LogP contribution in [-0.4, -0.2) is 40.4 Å². The lowest BCUT2D eigenvalue weighted by atomic mass is 10.2. The Labute approximate surface area is 121 Å². The van der Waals surface area contributed by atoms with Crippen molar-refractivity contribution in [2.45, 2.75) is 45.7 Å². The Morgan fingerprint density at radius 3 is 2.63 bits per heavy atom. The van der Waals surface area contributed by atoms with E-state index in [0.29, 0.717) is 6.04 Å². The van der Waals surface area contributed by atoms with Crippen molar-refractivity contribution in [3.05, 3.63) is 16.4 Å². The van der Waals surface area contributed by atoms with E-state index in [1.54, 1.807) is 0 Å². The van der Waals surface area contributed by atoms with E-state index in [1.807, 2.05) is 11.7 Å². The van der Waals surface area contributed by atoms with Crippen molar-refractivity contribution >= 4 is 11.6 Å². The lowest BCUT2D eigenvalue weighted by Crippen LogP contribution is -2.37. The van der Waals surface area contributed by atoms with E-state index in [1.165, 1.54) is 25.9 Å². The maximum atomic E-state index is 6.35. The Morgan fingerprint density at radius 2 is 2.05 bits per heavy atom. The molecule has 4 nitrogen and oxygen atoms in total. The third kappa shape index (κ3) is 3.71. The Hall–Kier alpha value is -0.580. The molecule has 1 aromatic heterocycles. The zero-order valence-electron chi connectivity index (χ0n) is 12.2. The van der Waals surface area contributed by atoms with Crippen LogP contribution in [0.2, 0.25) is 5.02 Å². The number of halogens is 1. The van der Waals surface area contributed by atoms with Crippen molar-refractivity contribution in [2.75, 3.05) is 19.6 Å². The molecule has 0 aliphatic carbocycles. The molecule has 1 aliphatic rings. The summed E-state index contributed by atoms with van der Waals surface area (Å²) in [5.74, 6) is 0. The summed E-state index contributed by atoms with van der Waals surface area (Å²) in [5, 5.41) is 8.83. The highest BCUT2D eigenvalue weighted by atomic mass is 35.5. The van der Waals surface area contributed by atoms with Crippen LogP contribution in [-0.2, 0) is 20.0 Å². The van der Waals surface area contributed by atoms with Crippen molar-refractivity contribution in [3.8, 4) is 0 Å². The number of likely N-dealkylation sites (tertiary alicyclic amines) is 1. The normalized spacial score (nSPS) is 18.1. The fourth-order valence-corrected chi connectivity index (χ4v) is 3.06. The fraction of sp³-hybridized carbons (Fsp3) is 0.786. The van der Waals surface area contributed by atoms with Gasteiger partial charge in [0.2, 0.25) is 0 Å². The summed E-state index contributed by atoms with van der Waals surface area (Å²) in [6.45, 7) is 8.73. The SMILES string of the molecule is CCc1nn(C)c(CNC(C)CN2CCCC2)c1Cl. The van der Waals surface area contributed by atoms with E-state index in [4.69, 9.17) is 11.6 Å². The van der Waals surface area contributed by atoms with Gasteiger partial charge in [-0.15, -0.1) is 0 Å². The van der Waals surface area contributed by atoms with Crippen LogP contribution in [0.3, 0.4) is 0 Å². The van der Waals surface area contributed by atoms with Gasteiger partial charge in [0.25, 0.3) is 0 Å². The minimum Gasteiger partial charge on any atom is -0.307 e. The molecular weight excluding hydrogens is 260 g/mol. The van der Waals surface area contributed by atoms with Crippen molar-refractivity contribution in [3.63, 3.8) is 0 Å². The highest BCUT2D eigenvalue weighted by molar-refractivity contribution is 6.31. The monoisotopic (exact) mass is 284 g/mol. The number of hydrogen-bond acceptors (Lipinski definition) is 3. The van der Waals surface area contributed by atoms with Crippen LogP contribution in [0.5, 0.6) is 0 Å². The number of aromatic nitrogens is 2. The average Bonchev–Trinajstić information content (AvgIpc) is 2.96. The van der Waals surface area contributed by atoms with Gasteiger partial charge in [-0.25, -0.2) is 0 Å². The fourth-order valence-electron chi connectivity index (χ4n) is 2.70. The summed E-state index contributed by atoms with van der Waals surface area (Å²) in [4.78, 5) is 2.53. The molecule has 1 fully saturated rings. The molecule has 0 radical (unpaired) electrons. The lowest BCUT2D eigenvalue weighted by Gasteiger charge is -2.21. The smallest absolute Gasteiger partial charge is 0.0863 e. The minimum absolute atomic E-state index is 0.481. The molecule has 0 aromatic carbocycles. The molecule has 1 aliphatic heterocycles. The lowest BCUT2D eigenvalue weighted by molar-refractivity contribution is 0.297. The van der Waals surface area contributed by atoms with Crippen molar-refractivity contribution in [1.82, 2.24) is 20.0 Å². The first kappa shape index (κ1) is 14.8. The molecule has 1 saturated heterocycles. The predicted molar refractivity (Wildman–Crippen MR) is 79.6 cm³/mol. The van der Waals surface area contributed by atoms with Gasteiger partial charge in [0.15, 0.2) is 0 Å². The molecule has 0 saturated carbocycles. The van der Waals surface area contributed by atoms with Crippen LogP contribution in [0.15, 0.2) is 0 Å². The third-order valence-electron chi connectivity index (χ3n) is 3.85. The van der Waals surface area contributed by atoms with Crippen LogP contribution in [0.25, 0.3) is 0 Å². The van der Waals surface area contributed by atoms with Gasteiger partial charge in [0, 0.05) is 26.2 Å². The average molecular weight is 285 g/mol. The maximum absolute atomic E-state index is 6.35. The molecule has 0 amide bonds. The zero-order valence-corrected chi connectivity index (χ0v) is 13.0. The molecule has 0 spiro atoms. The second-order valence-electron chi connectivity index (χ2n) is 5.47. The van der Waals surface area contributed by atoms with Gasteiger partial charge in [-0.3, -0.25) is 4.68 Å². The molecule has 19 heavy (non-hydrogen) atoms. The number of nitrogens with one attached hydrogen (secondary N) is 1. The van der Waals surface area contributed by atoms with E-state index in [0.717, 1.165) is 35.9 Å². The van der Waals surface area contributed by atoms with Gasteiger partial charge in [-0.1, -0.05) is 18.5 Å². The number of hydrogen-bond donors (Lipinski definition) is 1. The van der Waals surface area contributed by atoms with E-state index < -0.39 is 0 Å². The Balaban J connectivity index is 1.85. The van der Waals surface area contributed by atoms with Gasteiger partial charge < -0.3 is 10.2 Å². The zero-order chi connectivity index (χ0) is 13.8. The largest absolute Gasteiger partial charge is 0.307 e. The molecule has 2 heterocycles. The summed E-state index contributed by atoms with van der Waals surface area (Å²) < 4.78 is 1.90. The second-order valence-corrected chi connectivity index (χ2v) is 5.85. The van der Waals surface area contributed by atoms with Gasteiger partial charge >= 0.3 is 0 Å². The topological polar surface area (TPSA) is 33.1 Å². The van der Waals surface area contributed by atoms with Crippen molar-refractivity contribution in [2.24, 2.45) is 7.05 Å². The minimum atomic E-state index is 0.481. The molecular formula is C14H25ClN4. The predicted octanol–water partition coefficient (Wildman–Crippen LogP) is 2.21. The highest BCUT2D eigenvalue weighted by Gasteiger charge is 2.16. The van der Waals surface area contributed by atoms with Crippen LogP contribution in [0.4, 0.5) is 0 Å². The summed E-state index contributed by atoms with van der Waals surface area (Å²) in [6.07, 6.45) is 3.58. The molecule has 1 unspecified atom stereocenters. The number of aryl methyl sites for hydroxylation is 2. The molecule has 5 heteroatoms. The standard InChI is InChI=1S/C14H25ClN4/c1-4-12-14(15)13(18(3)17-12)9-16-11(2)10-19-7-5-6-8-19/h11,16H,4-10H2,1-3H3. The molecule has 2 rings (SSSR count). The van der Waals surface area contributed by atoms with Gasteiger partial charge in [0.05, 0.1) is 16.4 Å². The van der Waals surface area contributed by atoms with Crippen LogP contribution in [0, 0.1) is 0 Å². The summed E-state index contributed by atoms with van der Waals surface area (Å²) in [6, 6.07) is 0.481. The van der Waals surface area contributed by atoms with E-state index in [2.05, 4.69) is 29.2 Å². The maximum Gasteiger partial charge on any atom is 0.0863 e. The van der Waals surface area contributed by atoms with E-state index in [9.17, 15) is 0 Å². The van der Waals surface area contributed by atoms with Crippen molar-refractivity contribution < 1.29 is 0 Å². The number of rotatable bonds is 6. The Kier molecular flexibility index (Phi) is 5.25. The molecule has 0 bridgehead atoms. The third-order valence-corrected chi connectivity index (χ3v) is 4.29. The van der Waals surface area contributed by atoms with Gasteiger partial charge in [-0.05, 0) is 39.3 Å². The van der Waals surface area contributed by atoms with Crippen LogP contribution >= 0.6 is 11.6 Å². The first-order valence-corrected chi connectivity index (χ1v) is 7.65. The highest BCUT2D eigenvalue weighted by Crippen LogP contribution is 2.20. The molecule has 108 valence electrons. The Bertz CT molecular complexity index is 410. The Morgan fingerprint density at radius 1 is 1.37 bits per heavy atom. The summed E-state index contributed by atoms with van der Waals surface area (Å²) >= 11 is 6.35. The van der Waals surface area contributed by atoms with Gasteiger partial charge in [-0.2, -0.15) is 5.10 Å². The summed E-state index contributed by atoms with van der Waals surface area (Å²) in [5.41, 5.74) is 2.08. The molecule has 1 aromatic rings. The quantitative estimate of drug-likeness (QED) is 0.869. The molecule has 1 atom stereocenters. The number of nitrogens with zero attached hydrogens (tertiary/aromatic N) is 3. The van der Waals surface area contributed by atoms with E-state index in [-0.39, 0.29) is 0 Å². The second kappa shape index (κ2) is 6.73. The van der Waals surface area contributed by atoms with E-state index >= 15 is 0 Å². The van der Waals surface area contributed by atoms with Crippen LogP contribution in [0.1, 0.15) is 38.1 Å². The first-order chi connectivity index (χ1) is 9.11. The molecule has 1 N–H and O–H groups in total. The van der Waals surface area contributed by atoms with Gasteiger partial charge in [0.1, 0.15) is 0 Å². The summed E-state index contributed by atoms with van der Waals surface area (Å²) in [7, 11) is 1.97. The van der Waals surface area contributed by atoms with Crippen molar-refractivity contribution in [1.29, 1.82) is 0 Å². The van der Waals surface area contributed by atoms with Crippen LogP contribution < -0.4 is 5.32 Å².